The zero-order valence-electron chi connectivity index (χ0n) is 21.3. The number of likely N-dealkylation sites (tertiary alicyclic amines) is 1. The number of fused-ring (bicyclic) bond motifs is 2. The number of ether oxygens (including phenoxy) is 1. The molecule has 4 rings (SSSR count). The smallest absolute Gasteiger partial charge is 0.410 e. The summed E-state index contributed by atoms with van der Waals surface area (Å²) in [6, 6.07) is 21.0. The highest BCUT2D eigenvalue weighted by molar-refractivity contribution is 6.99. The molecule has 4 unspecified atom stereocenters. The molecule has 2 fully saturated rings. The van der Waals surface area contributed by atoms with Crippen LogP contribution in [0.25, 0.3) is 0 Å². The van der Waals surface area contributed by atoms with Crippen molar-refractivity contribution in [2.24, 2.45) is 5.92 Å². The van der Waals surface area contributed by atoms with E-state index in [1.54, 1.807) is 4.90 Å². The Hall–Kier alpha value is -2.15. The number of aliphatic hydroxyl groups excluding tert-OH is 1. The van der Waals surface area contributed by atoms with E-state index in [9.17, 15) is 9.90 Å². The van der Waals surface area contributed by atoms with E-state index in [0.29, 0.717) is 0 Å². The first kappa shape index (κ1) is 25.0. The van der Waals surface area contributed by atoms with Gasteiger partial charge in [0.25, 0.3) is 8.32 Å². The first-order chi connectivity index (χ1) is 16.0. The van der Waals surface area contributed by atoms with Gasteiger partial charge in [0, 0.05) is 12.0 Å². The van der Waals surface area contributed by atoms with Gasteiger partial charge in [0.15, 0.2) is 0 Å². The predicted octanol–water partition coefficient (Wildman–Crippen LogP) is 4.32. The van der Waals surface area contributed by atoms with Crippen molar-refractivity contribution in [3.63, 3.8) is 0 Å². The Morgan fingerprint density at radius 1 is 0.941 bits per heavy atom. The van der Waals surface area contributed by atoms with Crippen LogP contribution in [0.15, 0.2) is 60.7 Å². The highest BCUT2D eigenvalue weighted by atomic mass is 28.4. The summed E-state index contributed by atoms with van der Waals surface area (Å²) in [5.41, 5.74) is -0.566. The van der Waals surface area contributed by atoms with Crippen LogP contribution < -0.4 is 10.4 Å². The van der Waals surface area contributed by atoms with Crippen molar-refractivity contribution in [1.29, 1.82) is 0 Å². The minimum atomic E-state index is -2.70. The summed E-state index contributed by atoms with van der Waals surface area (Å²) in [6.45, 7) is 12.4. The monoisotopic (exact) mass is 481 g/mol. The molecule has 2 aliphatic rings. The normalized spacial score (nSPS) is 25.0. The van der Waals surface area contributed by atoms with Crippen LogP contribution in [0.3, 0.4) is 0 Å². The SMILES string of the molecule is CC(C)(C)OC(=O)N1C2CC(O[Si](c3ccccc3)(c3ccccc3)C(C)(C)C)C(C2)C1CO. The van der Waals surface area contributed by atoms with Gasteiger partial charge in [-0.2, -0.15) is 0 Å². The maximum absolute atomic E-state index is 13.0. The summed E-state index contributed by atoms with van der Waals surface area (Å²) in [7, 11) is -2.70. The number of hydrogen-bond donors (Lipinski definition) is 1. The molecule has 1 heterocycles. The number of nitrogens with zero attached hydrogens (tertiary/aromatic N) is 1. The van der Waals surface area contributed by atoms with Gasteiger partial charge in [0.2, 0.25) is 0 Å². The van der Waals surface area contributed by atoms with Crippen LogP contribution in [0.1, 0.15) is 54.4 Å². The van der Waals surface area contributed by atoms with Crippen molar-refractivity contribution >= 4 is 24.8 Å². The molecule has 2 aromatic carbocycles. The summed E-state index contributed by atoms with van der Waals surface area (Å²) in [5, 5.41) is 12.7. The molecule has 184 valence electrons. The third kappa shape index (κ3) is 4.43. The number of benzene rings is 2. The van der Waals surface area contributed by atoms with Crippen molar-refractivity contribution in [3.05, 3.63) is 60.7 Å². The van der Waals surface area contributed by atoms with Crippen molar-refractivity contribution in [3.8, 4) is 0 Å². The fourth-order valence-electron chi connectivity index (χ4n) is 5.99. The highest BCUT2D eigenvalue weighted by Crippen LogP contribution is 2.48. The van der Waals surface area contributed by atoms with E-state index in [4.69, 9.17) is 9.16 Å². The highest BCUT2D eigenvalue weighted by Gasteiger charge is 2.59. The molecule has 0 spiro atoms. The molecule has 1 aliphatic heterocycles. The number of aliphatic hydroxyl groups is 1. The summed E-state index contributed by atoms with van der Waals surface area (Å²) in [5.74, 6) is 0.0872. The number of carbonyl (C=O) groups is 1. The second kappa shape index (κ2) is 9.13. The molecule has 2 bridgehead atoms. The summed E-state index contributed by atoms with van der Waals surface area (Å²) in [6.07, 6.45) is 1.26. The lowest BCUT2D eigenvalue weighted by Crippen LogP contribution is -2.68. The minimum absolute atomic E-state index is 0.0212. The molecule has 1 aliphatic carbocycles. The largest absolute Gasteiger partial charge is 0.444 e. The first-order valence-electron chi connectivity index (χ1n) is 12.4. The van der Waals surface area contributed by atoms with E-state index in [1.807, 2.05) is 32.9 Å². The molecule has 1 N–H and O–H groups in total. The zero-order valence-corrected chi connectivity index (χ0v) is 22.3. The maximum atomic E-state index is 13.0. The number of rotatable bonds is 5. The van der Waals surface area contributed by atoms with Gasteiger partial charge in [0.05, 0.1) is 18.8 Å². The van der Waals surface area contributed by atoms with Gasteiger partial charge in [-0.25, -0.2) is 4.79 Å². The maximum Gasteiger partial charge on any atom is 0.410 e. The van der Waals surface area contributed by atoms with E-state index in [1.165, 1.54) is 10.4 Å². The fourth-order valence-corrected chi connectivity index (χ4v) is 10.7. The Bertz CT molecular complexity index is 943. The molecule has 1 saturated heterocycles. The lowest BCUT2D eigenvalue weighted by molar-refractivity contribution is -0.0191. The Kier molecular flexibility index (Phi) is 6.70. The lowest BCUT2D eigenvalue weighted by atomic mass is 9.97. The van der Waals surface area contributed by atoms with Gasteiger partial charge in [-0.05, 0) is 49.0 Å². The summed E-state index contributed by atoms with van der Waals surface area (Å²) in [4.78, 5) is 14.8. The van der Waals surface area contributed by atoms with E-state index in [-0.39, 0.29) is 41.8 Å². The zero-order chi connectivity index (χ0) is 24.7. The van der Waals surface area contributed by atoms with Crippen LogP contribution in [-0.4, -0.2) is 54.8 Å². The van der Waals surface area contributed by atoms with Gasteiger partial charge in [-0.1, -0.05) is 81.4 Å². The van der Waals surface area contributed by atoms with Crippen molar-refractivity contribution in [2.75, 3.05) is 6.61 Å². The van der Waals surface area contributed by atoms with Crippen molar-refractivity contribution < 1.29 is 19.1 Å². The minimum Gasteiger partial charge on any atom is -0.444 e. The van der Waals surface area contributed by atoms with Crippen molar-refractivity contribution in [1.82, 2.24) is 4.90 Å². The van der Waals surface area contributed by atoms with E-state index in [2.05, 4.69) is 69.3 Å². The first-order valence-corrected chi connectivity index (χ1v) is 14.3. The number of piperidine rings is 1. The lowest BCUT2D eigenvalue weighted by Gasteiger charge is -2.47. The molecule has 1 amide bonds. The van der Waals surface area contributed by atoms with E-state index >= 15 is 0 Å². The van der Waals surface area contributed by atoms with Crippen LogP contribution in [0.4, 0.5) is 4.79 Å². The third-order valence-corrected chi connectivity index (χ3v) is 12.4. The van der Waals surface area contributed by atoms with Gasteiger partial charge in [0.1, 0.15) is 5.60 Å². The molecular formula is C28H39NO4Si. The standard InChI is InChI=1S/C28H39NO4Si/c1-27(2,3)32-26(31)29-20-17-23(24(29)19-30)25(18-20)33-34(28(4,5)6,21-13-9-7-10-14-21)22-15-11-8-12-16-22/h7-16,20,23-25,30H,17-19H2,1-6H3. The molecule has 5 nitrogen and oxygen atoms in total. The van der Waals surface area contributed by atoms with Gasteiger partial charge < -0.3 is 14.3 Å². The average Bonchev–Trinajstić information content (AvgIpc) is 3.34. The van der Waals surface area contributed by atoms with Crippen LogP contribution in [0.5, 0.6) is 0 Å². The summed E-state index contributed by atoms with van der Waals surface area (Å²) < 4.78 is 13.1. The van der Waals surface area contributed by atoms with Gasteiger partial charge in [-0.15, -0.1) is 0 Å². The third-order valence-electron chi connectivity index (χ3n) is 7.31. The summed E-state index contributed by atoms with van der Waals surface area (Å²) >= 11 is 0. The Balaban J connectivity index is 1.70. The van der Waals surface area contributed by atoms with Crippen molar-refractivity contribution in [2.45, 2.75) is 83.2 Å². The topological polar surface area (TPSA) is 59.0 Å². The molecule has 0 radical (unpaired) electrons. The van der Waals surface area contributed by atoms with Gasteiger partial charge >= 0.3 is 6.09 Å². The van der Waals surface area contributed by atoms with Crippen LogP contribution in [-0.2, 0) is 9.16 Å². The molecule has 4 atom stereocenters. The molecule has 2 aromatic rings. The molecule has 34 heavy (non-hydrogen) atoms. The average molecular weight is 482 g/mol. The Labute approximate surface area is 205 Å². The fraction of sp³-hybridized carbons (Fsp3) is 0.536. The molecule has 1 saturated carbocycles. The molecular weight excluding hydrogens is 442 g/mol. The number of amides is 1. The van der Waals surface area contributed by atoms with E-state index in [0.717, 1.165) is 12.8 Å². The Morgan fingerprint density at radius 3 is 1.91 bits per heavy atom. The Morgan fingerprint density at radius 2 is 1.47 bits per heavy atom. The number of carbonyl (C=O) groups excluding carboxylic acids is 1. The van der Waals surface area contributed by atoms with Crippen LogP contribution in [0, 0.1) is 5.92 Å². The molecule has 6 heteroatoms. The van der Waals surface area contributed by atoms with Crippen LogP contribution >= 0.6 is 0 Å². The second-order valence-electron chi connectivity index (χ2n) is 11.7. The van der Waals surface area contributed by atoms with E-state index < -0.39 is 13.9 Å². The molecule has 0 aromatic heterocycles. The predicted molar refractivity (Wildman–Crippen MR) is 138 cm³/mol. The van der Waals surface area contributed by atoms with Gasteiger partial charge in [-0.3, -0.25) is 4.90 Å². The van der Waals surface area contributed by atoms with Crippen LogP contribution in [0.2, 0.25) is 5.04 Å². The second-order valence-corrected chi connectivity index (χ2v) is 16.0. The quantitative estimate of drug-likeness (QED) is 0.646. The number of hydrogen-bond acceptors (Lipinski definition) is 4.